The van der Waals surface area contributed by atoms with Gasteiger partial charge in [-0.15, -0.1) is 0 Å². The molecule has 246 valence electrons. The topological polar surface area (TPSA) is 53.0 Å². The van der Waals surface area contributed by atoms with Gasteiger partial charge in [-0.1, -0.05) is 59.1 Å². The summed E-state index contributed by atoms with van der Waals surface area (Å²) in [5.74, 6) is 0.200. The van der Waals surface area contributed by atoms with Crippen LogP contribution in [0.5, 0.6) is 11.5 Å². The van der Waals surface area contributed by atoms with Gasteiger partial charge in [-0.2, -0.15) is 0 Å². The summed E-state index contributed by atoms with van der Waals surface area (Å²) >= 11 is 27.0. The highest BCUT2D eigenvalue weighted by molar-refractivity contribution is 6.53. The first-order chi connectivity index (χ1) is 22.3. The number of benzene rings is 3. The van der Waals surface area contributed by atoms with Gasteiger partial charge in [0.05, 0.1) is 25.7 Å². The summed E-state index contributed by atoms with van der Waals surface area (Å²) in [6, 6.07) is 4.28. The van der Waals surface area contributed by atoms with E-state index in [1.807, 2.05) is 0 Å². The van der Waals surface area contributed by atoms with Gasteiger partial charge in [-0.25, -0.2) is 4.79 Å². The molecule has 5 nitrogen and oxygen atoms in total. The zero-order valence-electron chi connectivity index (χ0n) is 27.2. The number of halogens is 4. The SMILES string of the molecule is C=c1c2cc3c(c1CCCN(C)C(C)(C)/C=C\2C)Oc1c(cc2c4c1CCCN4CCCC2)C=3c1c(Cl)c(Cl)c(Cl)c(Cl)c1C(=O)O. The number of allylic oxidation sites excluding steroid dienone is 1. The van der Waals surface area contributed by atoms with Crippen LogP contribution in [0.3, 0.4) is 0 Å². The van der Waals surface area contributed by atoms with E-state index in [0.29, 0.717) is 11.3 Å². The molecule has 0 radical (unpaired) electrons. The minimum Gasteiger partial charge on any atom is -0.478 e. The standard InChI is InChI=1S/C38H38Cl4N2O3/c1-19-18-38(3,4)43(5)13-8-11-22-20(2)24(19)17-26-27(28-29(37(45)46)31(40)33(42)32(41)30(28)39)25-16-21-10-6-7-14-44-15-9-12-23(34(21)44)36(25)47-35(22)26/h16-18H,2,6-15H2,1,3-5H3,(H,45,46)/b19-18-. The largest absolute Gasteiger partial charge is 0.478 e. The van der Waals surface area contributed by atoms with Gasteiger partial charge in [0.1, 0.15) is 11.5 Å². The van der Waals surface area contributed by atoms with Gasteiger partial charge >= 0.3 is 5.97 Å². The fourth-order valence-electron chi connectivity index (χ4n) is 8.05. The van der Waals surface area contributed by atoms with E-state index in [-0.39, 0.29) is 36.8 Å². The summed E-state index contributed by atoms with van der Waals surface area (Å²) in [7, 11) is 2.16. The number of carboxylic acid groups (broad SMARTS) is 1. The van der Waals surface area contributed by atoms with Crippen molar-refractivity contribution >= 4 is 75.8 Å². The number of aromatic carboxylic acids is 1. The fourth-order valence-corrected chi connectivity index (χ4v) is 9.08. The molecule has 4 heterocycles. The number of nitrogens with zero attached hydrogens (tertiary/aromatic N) is 2. The number of anilines is 1. The third-order valence-corrected chi connectivity index (χ3v) is 12.4. The highest BCUT2D eigenvalue weighted by atomic mass is 35.5. The lowest BCUT2D eigenvalue weighted by Crippen LogP contribution is -2.41. The smallest absolute Gasteiger partial charge is 0.337 e. The quantitative estimate of drug-likeness (QED) is 0.166. The van der Waals surface area contributed by atoms with Crippen LogP contribution in [0.4, 0.5) is 5.69 Å². The van der Waals surface area contributed by atoms with E-state index >= 15 is 0 Å². The predicted molar refractivity (Wildman–Crippen MR) is 195 cm³/mol. The molecule has 3 aromatic rings. The van der Waals surface area contributed by atoms with Crippen LogP contribution < -0.4 is 20.1 Å². The number of aryl methyl sites for hydroxylation is 1. The molecule has 0 saturated heterocycles. The average Bonchev–Trinajstić information content (AvgIpc) is 3.24. The van der Waals surface area contributed by atoms with E-state index in [9.17, 15) is 9.90 Å². The molecule has 0 amide bonds. The molecule has 0 saturated carbocycles. The molecule has 0 aliphatic carbocycles. The Morgan fingerprint density at radius 1 is 0.872 bits per heavy atom. The van der Waals surface area contributed by atoms with Crippen molar-refractivity contribution in [2.24, 2.45) is 0 Å². The molecule has 2 bridgehead atoms. The Bertz CT molecular complexity index is 2030. The van der Waals surface area contributed by atoms with Gasteiger partial charge in [0, 0.05) is 57.4 Å². The summed E-state index contributed by atoms with van der Waals surface area (Å²) in [5.41, 5.74) is 8.06. The molecule has 0 fully saturated rings. The Hall–Kier alpha value is -2.67. The number of rotatable bonds is 2. The molecule has 47 heavy (non-hydrogen) atoms. The maximum atomic E-state index is 13.1. The monoisotopic (exact) mass is 710 g/mol. The number of hydrogen-bond acceptors (Lipinski definition) is 4. The van der Waals surface area contributed by atoms with Crippen LogP contribution >= 0.6 is 46.4 Å². The van der Waals surface area contributed by atoms with Crippen LogP contribution in [0.15, 0.2) is 18.2 Å². The molecule has 0 atom stereocenters. The van der Waals surface area contributed by atoms with Gasteiger partial charge < -0.3 is 14.7 Å². The van der Waals surface area contributed by atoms with Crippen LogP contribution in [0, 0.1) is 0 Å². The van der Waals surface area contributed by atoms with E-state index in [4.69, 9.17) is 51.1 Å². The van der Waals surface area contributed by atoms with Crippen molar-refractivity contribution in [1.82, 2.24) is 4.90 Å². The van der Waals surface area contributed by atoms with Crippen LogP contribution in [0.25, 0.3) is 17.7 Å². The van der Waals surface area contributed by atoms with Crippen LogP contribution in [-0.4, -0.2) is 48.2 Å². The molecule has 0 spiro atoms. The molecule has 1 N–H and O–H groups in total. The van der Waals surface area contributed by atoms with Crippen molar-refractivity contribution in [2.45, 2.75) is 71.3 Å². The third-order valence-electron chi connectivity index (χ3n) is 10.6. The van der Waals surface area contributed by atoms with Crippen LogP contribution in [0.1, 0.15) is 90.2 Å². The fraction of sp³-hybridized carbons (Fsp3) is 0.395. The van der Waals surface area contributed by atoms with Crippen molar-refractivity contribution in [3.63, 3.8) is 0 Å². The van der Waals surface area contributed by atoms with Gasteiger partial charge in [-0.3, -0.25) is 4.90 Å². The summed E-state index contributed by atoms with van der Waals surface area (Å²) in [6.07, 6.45) is 8.88. The first-order valence-corrected chi connectivity index (χ1v) is 17.8. The lowest BCUT2D eigenvalue weighted by Gasteiger charge is -2.36. The van der Waals surface area contributed by atoms with Crippen LogP contribution in [-0.2, 0) is 19.3 Å². The first kappa shape index (κ1) is 32.9. The minimum absolute atomic E-state index is 0.0205. The van der Waals surface area contributed by atoms with E-state index in [1.165, 1.54) is 11.3 Å². The normalized spacial score (nSPS) is 19.9. The Labute approximate surface area is 296 Å². The average molecular weight is 713 g/mol. The number of fused-ring (bicyclic) bond motifs is 6. The second kappa shape index (κ2) is 12.0. The number of carbonyl (C=O) groups is 1. The van der Waals surface area contributed by atoms with Crippen molar-refractivity contribution in [3.8, 4) is 11.5 Å². The van der Waals surface area contributed by atoms with E-state index in [2.05, 4.69) is 62.4 Å². The maximum absolute atomic E-state index is 13.1. The molecular formula is C38H38Cl4N2O3. The summed E-state index contributed by atoms with van der Waals surface area (Å²) in [4.78, 5) is 17.9. The summed E-state index contributed by atoms with van der Waals surface area (Å²) in [6.45, 7) is 14.1. The molecule has 9 heteroatoms. The van der Waals surface area contributed by atoms with Crippen molar-refractivity contribution in [2.75, 3.05) is 31.6 Å². The van der Waals surface area contributed by atoms with Gasteiger partial charge in [0.25, 0.3) is 0 Å². The Kier molecular flexibility index (Phi) is 8.41. The van der Waals surface area contributed by atoms with E-state index in [1.54, 1.807) is 0 Å². The summed E-state index contributed by atoms with van der Waals surface area (Å²) in [5, 5.41) is 12.2. The zero-order valence-corrected chi connectivity index (χ0v) is 30.2. The Balaban J connectivity index is 1.70. The predicted octanol–water partition coefficient (Wildman–Crippen LogP) is 8.91. The molecule has 0 aromatic heterocycles. The van der Waals surface area contributed by atoms with Gasteiger partial charge in [0.2, 0.25) is 0 Å². The third kappa shape index (κ3) is 5.20. The number of ether oxygens (including phenoxy) is 1. The van der Waals surface area contributed by atoms with Crippen molar-refractivity contribution < 1.29 is 14.6 Å². The van der Waals surface area contributed by atoms with Crippen molar-refractivity contribution in [1.29, 1.82) is 0 Å². The number of hydrogen-bond donors (Lipinski definition) is 1. The molecule has 4 aliphatic heterocycles. The minimum atomic E-state index is -1.24. The summed E-state index contributed by atoms with van der Waals surface area (Å²) < 4.78 is 7.12. The van der Waals surface area contributed by atoms with Crippen molar-refractivity contribution in [3.05, 3.63) is 87.7 Å². The van der Waals surface area contributed by atoms with E-state index in [0.717, 1.165) is 109 Å². The van der Waals surface area contributed by atoms with Crippen LogP contribution in [0.2, 0.25) is 20.1 Å². The highest BCUT2D eigenvalue weighted by Gasteiger charge is 2.36. The molecule has 0 unspecified atom stereocenters. The molecule has 4 aliphatic rings. The number of likely N-dealkylation sites (N-methyl/N-ethyl adjacent to an activating group) is 1. The zero-order chi connectivity index (χ0) is 33.5. The lowest BCUT2D eigenvalue weighted by molar-refractivity contribution is 0.0696. The highest BCUT2D eigenvalue weighted by Crippen LogP contribution is 2.52. The number of carboxylic acids is 1. The van der Waals surface area contributed by atoms with Gasteiger partial charge in [-0.05, 0) is 113 Å². The molecule has 7 rings (SSSR count). The second-order valence-corrected chi connectivity index (χ2v) is 15.4. The van der Waals surface area contributed by atoms with Gasteiger partial charge in [0.15, 0.2) is 0 Å². The Morgan fingerprint density at radius 3 is 2.30 bits per heavy atom. The maximum Gasteiger partial charge on any atom is 0.337 e. The first-order valence-electron chi connectivity index (χ1n) is 16.3. The molecular weight excluding hydrogens is 674 g/mol. The Morgan fingerprint density at radius 2 is 1.55 bits per heavy atom. The molecule has 3 aromatic carbocycles. The second-order valence-electron chi connectivity index (χ2n) is 13.8. The van der Waals surface area contributed by atoms with E-state index < -0.39 is 5.97 Å². The lowest BCUT2D eigenvalue weighted by atomic mass is 9.82.